The van der Waals surface area contributed by atoms with Crippen molar-refractivity contribution in [3.05, 3.63) is 0 Å². The molecule has 1 fully saturated rings. The molecule has 0 unspecified atom stereocenters. The first kappa shape index (κ1) is 17.8. The quantitative estimate of drug-likeness (QED) is 0.789. The molecule has 15 heavy (non-hydrogen) atoms. The van der Waals surface area contributed by atoms with E-state index in [1.807, 2.05) is 13.8 Å². The van der Waals surface area contributed by atoms with Gasteiger partial charge < -0.3 is 5.73 Å². The van der Waals surface area contributed by atoms with Crippen molar-refractivity contribution < 1.29 is 8.42 Å². The van der Waals surface area contributed by atoms with Gasteiger partial charge in [0.1, 0.15) is 0 Å². The van der Waals surface area contributed by atoms with Crippen molar-refractivity contribution in [2.75, 3.05) is 31.1 Å². The fraction of sp³-hybridized carbons (Fsp3) is 1.00. The minimum atomic E-state index is -2.75. The summed E-state index contributed by atoms with van der Waals surface area (Å²) < 4.78 is 22.2. The van der Waals surface area contributed by atoms with Crippen LogP contribution < -0.4 is 5.73 Å². The van der Waals surface area contributed by atoms with Gasteiger partial charge in [0.25, 0.3) is 0 Å². The summed E-state index contributed by atoms with van der Waals surface area (Å²) in [6.07, 6.45) is 0. The SMILES string of the molecule is CC(C)(N)CN1CCS(=O)(=O)CC1.Cl.Cl. The van der Waals surface area contributed by atoms with E-state index in [2.05, 4.69) is 4.90 Å². The Hall–Kier alpha value is 0.450. The van der Waals surface area contributed by atoms with Crippen LogP contribution in [0.1, 0.15) is 13.8 Å². The molecule has 7 heteroatoms. The molecule has 0 aliphatic carbocycles. The lowest BCUT2D eigenvalue weighted by molar-refractivity contribution is 0.242. The third kappa shape index (κ3) is 7.36. The molecule has 94 valence electrons. The zero-order valence-electron chi connectivity index (χ0n) is 9.10. The summed E-state index contributed by atoms with van der Waals surface area (Å²) in [7, 11) is -2.75. The van der Waals surface area contributed by atoms with Crippen LogP contribution in [0.15, 0.2) is 0 Å². The van der Waals surface area contributed by atoms with E-state index in [0.29, 0.717) is 13.1 Å². The summed E-state index contributed by atoms with van der Waals surface area (Å²) in [4.78, 5) is 2.11. The van der Waals surface area contributed by atoms with Crippen molar-refractivity contribution in [2.24, 2.45) is 5.73 Å². The molecule has 1 aliphatic heterocycles. The third-order valence-electron chi connectivity index (χ3n) is 2.07. The Morgan fingerprint density at radius 1 is 1.20 bits per heavy atom. The van der Waals surface area contributed by atoms with E-state index < -0.39 is 9.84 Å². The lowest BCUT2D eigenvalue weighted by atomic mass is 10.1. The van der Waals surface area contributed by atoms with Crippen LogP contribution in [0.3, 0.4) is 0 Å². The van der Waals surface area contributed by atoms with E-state index in [1.54, 1.807) is 0 Å². The van der Waals surface area contributed by atoms with Gasteiger partial charge in [-0.2, -0.15) is 0 Å². The Balaban J connectivity index is 0. The molecule has 0 radical (unpaired) electrons. The molecule has 1 saturated heterocycles. The van der Waals surface area contributed by atoms with E-state index >= 15 is 0 Å². The molecule has 0 aromatic carbocycles. The number of sulfone groups is 1. The minimum Gasteiger partial charge on any atom is -0.324 e. The molecule has 1 rings (SSSR count). The van der Waals surface area contributed by atoms with Gasteiger partial charge in [0.05, 0.1) is 11.5 Å². The molecule has 2 N–H and O–H groups in total. The normalized spacial score (nSPS) is 21.3. The second-order valence-electron chi connectivity index (χ2n) is 4.42. The molecule has 0 aromatic heterocycles. The average Bonchev–Trinajstić information content (AvgIpc) is 1.91. The Bertz CT molecular complexity index is 261. The molecular formula is C8H20Cl2N2O2S. The van der Waals surface area contributed by atoms with Crippen LogP contribution in [0, 0.1) is 0 Å². The van der Waals surface area contributed by atoms with Crippen LogP contribution in [0.5, 0.6) is 0 Å². The van der Waals surface area contributed by atoms with Crippen molar-refractivity contribution in [2.45, 2.75) is 19.4 Å². The predicted octanol–water partition coefficient (Wildman–Crippen LogP) is 0.298. The molecule has 0 bridgehead atoms. The third-order valence-corrected chi connectivity index (χ3v) is 3.68. The molecule has 0 aromatic rings. The molecule has 0 saturated carbocycles. The van der Waals surface area contributed by atoms with Gasteiger partial charge >= 0.3 is 0 Å². The summed E-state index contributed by atoms with van der Waals surface area (Å²) in [5, 5.41) is 0. The molecule has 1 aliphatic rings. The second-order valence-corrected chi connectivity index (χ2v) is 6.72. The molecular weight excluding hydrogens is 259 g/mol. The average molecular weight is 279 g/mol. The van der Waals surface area contributed by atoms with Gasteiger partial charge in [-0.3, -0.25) is 4.90 Å². The second kappa shape index (κ2) is 6.25. The first-order valence-electron chi connectivity index (χ1n) is 4.50. The maximum Gasteiger partial charge on any atom is 0.152 e. The Kier molecular flexibility index (Phi) is 7.43. The van der Waals surface area contributed by atoms with Crippen LogP contribution in [-0.2, 0) is 9.84 Å². The fourth-order valence-corrected chi connectivity index (χ4v) is 2.76. The largest absolute Gasteiger partial charge is 0.324 e. The van der Waals surface area contributed by atoms with Crippen molar-refractivity contribution in [3.8, 4) is 0 Å². The summed E-state index contributed by atoms with van der Waals surface area (Å²) in [6.45, 7) is 5.93. The molecule has 4 nitrogen and oxygen atoms in total. The van der Waals surface area contributed by atoms with Gasteiger partial charge in [-0.1, -0.05) is 0 Å². The van der Waals surface area contributed by atoms with Gasteiger partial charge in [0.15, 0.2) is 9.84 Å². The fourth-order valence-electron chi connectivity index (χ4n) is 1.48. The number of nitrogens with two attached hydrogens (primary N) is 1. The Labute approximate surface area is 104 Å². The number of hydrogen-bond donors (Lipinski definition) is 1. The smallest absolute Gasteiger partial charge is 0.152 e. The molecule has 0 atom stereocenters. The summed E-state index contributed by atoms with van der Waals surface area (Å²) in [5.74, 6) is 0.562. The number of nitrogens with zero attached hydrogens (tertiary/aromatic N) is 1. The zero-order valence-corrected chi connectivity index (χ0v) is 11.6. The Morgan fingerprint density at radius 2 is 1.60 bits per heavy atom. The van der Waals surface area contributed by atoms with Gasteiger partial charge in [0.2, 0.25) is 0 Å². The lowest BCUT2D eigenvalue weighted by Gasteiger charge is -2.32. The van der Waals surface area contributed by atoms with Crippen LogP contribution in [-0.4, -0.2) is 50.0 Å². The molecule has 1 heterocycles. The highest BCUT2D eigenvalue weighted by Crippen LogP contribution is 2.07. The summed E-state index contributed by atoms with van der Waals surface area (Å²) in [5.41, 5.74) is 5.61. The van der Waals surface area contributed by atoms with Crippen LogP contribution >= 0.6 is 24.8 Å². The predicted molar refractivity (Wildman–Crippen MR) is 67.9 cm³/mol. The number of halogens is 2. The first-order chi connectivity index (χ1) is 5.79. The standard InChI is InChI=1S/C8H18N2O2S.2ClH/c1-8(2,9)7-10-3-5-13(11,12)6-4-10;;/h3-7,9H2,1-2H3;2*1H. The molecule has 0 amide bonds. The monoisotopic (exact) mass is 278 g/mol. The van der Waals surface area contributed by atoms with Crippen molar-refractivity contribution in [3.63, 3.8) is 0 Å². The molecule has 0 spiro atoms. The van der Waals surface area contributed by atoms with E-state index in [-0.39, 0.29) is 41.9 Å². The van der Waals surface area contributed by atoms with Gasteiger partial charge in [-0.05, 0) is 13.8 Å². The number of hydrogen-bond acceptors (Lipinski definition) is 4. The summed E-state index contributed by atoms with van der Waals surface area (Å²) >= 11 is 0. The maximum absolute atomic E-state index is 11.1. The first-order valence-corrected chi connectivity index (χ1v) is 6.32. The lowest BCUT2D eigenvalue weighted by Crippen LogP contribution is -2.50. The van der Waals surface area contributed by atoms with E-state index in [0.717, 1.165) is 6.54 Å². The van der Waals surface area contributed by atoms with Crippen molar-refractivity contribution in [1.29, 1.82) is 0 Å². The topological polar surface area (TPSA) is 63.4 Å². The van der Waals surface area contributed by atoms with E-state index in [4.69, 9.17) is 5.73 Å². The van der Waals surface area contributed by atoms with Crippen LogP contribution in [0.25, 0.3) is 0 Å². The van der Waals surface area contributed by atoms with E-state index in [9.17, 15) is 8.42 Å². The van der Waals surface area contributed by atoms with Gasteiger partial charge in [-0.15, -0.1) is 24.8 Å². The highest BCUT2D eigenvalue weighted by atomic mass is 35.5. The van der Waals surface area contributed by atoms with Crippen LogP contribution in [0.4, 0.5) is 0 Å². The Morgan fingerprint density at radius 3 is 1.93 bits per heavy atom. The highest BCUT2D eigenvalue weighted by Gasteiger charge is 2.24. The number of rotatable bonds is 2. The van der Waals surface area contributed by atoms with Gasteiger partial charge in [-0.25, -0.2) is 8.42 Å². The van der Waals surface area contributed by atoms with E-state index in [1.165, 1.54) is 0 Å². The van der Waals surface area contributed by atoms with Crippen molar-refractivity contribution in [1.82, 2.24) is 4.90 Å². The maximum atomic E-state index is 11.1. The van der Waals surface area contributed by atoms with Gasteiger partial charge in [0, 0.05) is 25.2 Å². The zero-order chi connectivity index (χ0) is 10.1. The summed E-state index contributed by atoms with van der Waals surface area (Å²) in [6, 6.07) is 0. The highest BCUT2D eigenvalue weighted by molar-refractivity contribution is 7.91. The van der Waals surface area contributed by atoms with Crippen molar-refractivity contribution >= 4 is 34.7 Å². The minimum absolute atomic E-state index is 0. The van der Waals surface area contributed by atoms with Crippen LogP contribution in [0.2, 0.25) is 0 Å².